The third-order valence-corrected chi connectivity index (χ3v) is 4.78. The highest BCUT2D eigenvalue weighted by atomic mass is 79.9. The van der Waals surface area contributed by atoms with Crippen LogP contribution in [-0.4, -0.2) is 39.5 Å². The summed E-state index contributed by atoms with van der Waals surface area (Å²) in [5.41, 5.74) is -0.0549. The number of anilines is 1. The lowest BCUT2D eigenvalue weighted by atomic mass is 10.1. The van der Waals surface area contributed by atoms with E-state index in [4.69, 9.17) is 21.1 Å². The molecule has 0 fully saturated rings. The van der Waals surface area contributed by atoms with E-state index in [1.165, 1.54) is 18.1 Å². The van der Waals surface area contributed by atoms with Crippen molar-refractivity contribution in [1.82, 2.24) is 0 Å². The Hall–Kier alpha value is -1.16. The van der Waals surface area contributed by atoms with Gasteiger partial charge in [-0.05, 0) is 37.9 Å². The molecule has 0 radical (unpaired) electrons. The van der Waals surface area contributed by atoms with Crippen molar-refractivity contribution in [2.45, 2.75) is 0 Å². The molecule has 0 aliphatic carbocycles. The van der Waals surface area contributed by atoms with Crippen molar-refractivity contribution in [3.63, 3.8) is 0 Å². The molecule has 0 saturated heterocycles. The van der Waals surface area contributed by atoms with E-state index in [-0.39, 0.29) is 44.3 Å². The first-order chi connectivity index (χ1) is 11.3. The van der Waals surface area contributed by atoms with Crippen LogP contribution >= 0.6 is 43.5 Å². The molecule has 0 amide bonds. The molecule has 0 unspecified atom stereocenters. The van der Waals surface area contributed by atoms with Crippen LogP contribution in [0.4, 0.5) is 10.1 Å². The summed E-state index contributed by atoms with van der Waals surface area (Å²) < 4.78 is 29.1. The lowest BCUT2D eigenvalue weighted by Gasteiger charge is -2.32. The molecule has 0 bridgehead atoms. The fraction of sp³-hybridized carbons (Fsp3) is 0.286. The van der Waals surface area contributed by atoms with Gasteiger partial charge in [-0.1, -0.05) is 11.6 Å². The number of rotatable bonds is 3. The van der Waals surface area contributed by atoms with Crippen molar-refractivity contribution in [3.8, 4) is 0 Å². The Balaban J connectivity index is 2.71. The van der Waals surface area contributed by atoms with Gasteiger partial charge in [0, 0.05) is 0 Å². The molecule has 2 rings (SSSR count). The Kier molecular flexibility index (Phi) is 6.24. The average molecular weight is 488 g/mol. The Morgan fingerprint density at radius 2 is 1.92 bits per heavy atom. The van der Waals surface area contributed by atoms with E-state index in [9.17, 15) is 14.0 Å². The number of carbonyl (C=O) groups excluding carboxylic acids is 2. The van der Waals surface area contributed by atoms with E-state index >= 15 is 0 Å². The SMILES string of the molecule is COC(=O)C1=C(C(=O)OC)N(c2c(Cl)cc(Br)c(F)c2Br)COC1. The van der Waals surface area contributed by atoms with Crippen LogP contribution in [0.2, 0.25) is 5.02 Å². The first-order valence-electron chi connectivity index (χ1n) is 6.41. The summed E-state index contributed by atoms with van der Waals surface area (Å²) in [6.07, 6.45) is 0. The Morgan fingerprint density at radius 3 is 2.50 bits per heavy atom. The number of hydrogen-bond acceptors (Lipinski definition) is 6. The summed E-state index contributed by atoms with van der Waals surface area (Å²) in [4.78, 5) is 25.4. The van der Waals surface area contributed by atoms with Gasteiger partial charge >= 0.3 is 11.9 Å². The molecule has 1 aliphatic heterocycles. The molecular weight excluding hydrogens is 476 g/mol. The van der Waals surface area contributed by atoms with E-state index in [1.54, 1.807) is 0 Å². The fourth-order valence-electron chi connectivity index (χ4n) is 2.12. The molecular formula is C14H11Br2ClFNO5. The second-order valence-corrected chi connectivity index (χ2v) is 6.59. The van der Waals surface area contributed by atoms with Gasteiger partial charge in [0.25, 0.3) is 0 Å². The molecule has 0 N–H and O–H groups in total. The van der Waals surface area contributed by atoms with E-state index in [1.807, 2.05) is 0 Å². The Bertz CT molecular complexity index is 740. The lowest BCUT2D eigenvalue weighted by molar-refractivity contribution is -0.140. The topological polar surface area (TPSA) is 65.1 Å². The highest BCUT2D eigenvalue weighted by molar-refractivity contribution is 9.11. The summed E-state index contributed by atoms with van der Waals surface area (Å²) in [7, 11) is 2.34. The van der Waals surface area contributed by atoms with E-state index in [2.05, 4.69) is 36.6 Å². The predicted octanol–water partition coefficient (Wildman–Crippen LogP) is 3.40. The summed E-state index contributed by atoms with van der Waals surface area (Å²) in [5, 5.41) is 0.131. The van der Waals surface area contributed by atoms with Crippen LogP contribution in [0.3, 0.4) is 0 Å². The number of carbonyl (C=O) groups is 2. The van der Waals surface area contributed by atoms with Crippen LogP contribution < -0.4 is 4.90 Å². The maximum Gasteiger partial charge on any atom is 0.355 e. The average Bonchev–Trinajstić information content (AvgIpc) is 2.58. The third kappa shape index (κ3) is 3.44. The normalized spacial score (nSPS) is 14.7. The molecule has 0 atom stereocenters. The highest BCUT2D eigenvalue weighted by Gasteiger charge is 2.35. The number of methoxy groups -OCH3 is 2. The van der Waals surface area contributed by atoms with Crippen molar-refractivity contribution in [2.75, 3.05) is 32.5 Å². The van der Waals surface area contributed by atoms with Crippen LogP contribution in [0, 0.1) is 5.82 Å². The van der Waals surface area contributed by atoms with Gasteiger partial charge in [-0.25, -0.2) is 14.0 Å². The van der Waals surface area contributed by atoms with Gasteiger partial charge in [0.05, 0.1) is 46.1 Å². The van der Waals surface area contributed by atoms with E-state index < -0.39 is 17.8 Å². The maximum atomic E-state index is 14.2. The summed E-state index contributed by atoms with van der Waals surface area (Å²) in [5.74, 6) is -2.18. The number of esters is 2. The number of benzene rings is 1. The van der Waals surface area contributed by atoms with Crippen LogP contribution in [-0.2, 0) is 23.8 Å². The monoisotopic (exact) mass is 485 g/mol. The van der Waals surface area contributed by atoms with Crippen LogP contribution in [0.5, 0.6) is 0 Å². The minimum Gasteiger partial charge on any atom is -0.466 e. The standard InChI is InChI=1S/C14H11Br2ClFNO5/c1-22-13(20)6-4-24-5-19(11(6)14(21)23-2)12-8(17)3-7(15)10(18)9(12)16/h3H,4-5H2,1-2H3. The molecule has 10 heteroatoms. The second-order valence-electron chi connectivity index (χ2n) is 4.53. The van der Waals surface area contributed by atoms with Crippen LogP contribution in [0.15, 0.2) is 26.3 Å². The lowest BCUT2D eigenvalue weighted by Crippen LogP contribution is -2.39. The zero-order valence-electron chi connectivity index (χ0n) is 12.5. The Morgan fingerprint density at radius 1 is 1.29 bits per heavy atom. The van der Waals surface area contributed by atoms with Crippen LogP contribution in [0.25, 0.3) is 0 Å². The van der Waals surface area contributed by atoms with Gasteiger partial charge in [-0.2, -0.15) is 0 Å². The van der Waals surface area contributed by atoms with Crippen LogP contribution in [0.1, 0.15) is 0 Å². The van der Waals surface area contributed by atoms with Gasteiger partial charge < -0.3 is 19.1 Å². The van der Waals surface area contributed by atoms with Gasteiger partial charge in [0.1, 0.15) is 12.4 Å². The van der Waals surface area contributed by atoms with Crippen molar-refractivity contribution in [1.29, 1.82) is 0 Å². The largest absolute Gasteiger partial charge is 0.466 e. The molecule has 0 aromatic heterocycles. The third-order valence-electron chi connectivity index (χ3n) is 3.19. The highest BCUT2D eigenvalue weighted by Crippen LogP contribution is 2.42. The number of ether oxygens (including phenoxy) is 3. The molecule has 24 heavy (non-hydrogen) atoms. The molecule has 0 spiro atoms. The minimum absolute atomic E-state index is 0.00186. The maximum absolute atomic E-state index is 14.2. The first kappa shape index (κ1) is 19.2. The van der Waals surface area contributed by atoms with Crippen molar-refractivity contribution in [3.05, 3.63) is 37.1 Å². The minimum atomic E-state index is -0.801. The predicted molar refractivity (Wildman–Crippen MR) is 91.2 cm³/mol. The first-order valence-corrected chi connectivity index (χ1v) is 8.37. The smallest absolute Gasteiger partial charge is 0.355 e. The fourth-order valence-corrected chi connectivity index (χ4v) is 4.01. The summed E-state index contributed by atoms with van der Waals surface area (Å²) in [6.45, 7) is -0.286. The van der Waals surface area contributed by atoms with E-state index in [0.717, 1.165) is 7.11 Å². The van der Waals surface area contributed by atoms with Gasteiger partial charge in [-0.15, -0.1) is 0 Å². The molecule has 1 aliphatic rings. The van der Waals surface area contributed by atoms with Crippen molar-refractivity contribution in [2.24, 2.45) is 0 Å². The number of hydrogen-bond donors (Lipinski definition) is 0. The van der Waals surface area contributed by atoms with Gasteiger partial charge in [-0.3, -0.25) is 0 Å². The summed E-state index contributed by atoms with van der Waals surface area (Å²) in [6, 6.07) is 1.33. The number of halogens is 4. The molecule has 1 heterocycles. The quantitative estimate of drug-likeness (QED) is 0.370. The molecule has 1 aromatic carbocycles. The zero-order chi connectivity index (χ0) is 18.0. The summed E-state index contributed by atoms with van der Waals surface area (Å²) >= 11 is 12.4. The van der Waals surface area contributed by atoms with Crippen molar-refractivity contribution >= 4 is 61.1 Å². The molecule has 1 aromatic rings. The van der Waals surface area contributed by atoms with Gasteiger partial charge in [0.15, 0.2) is 5.82 Å². The second kappa shape index (κ2) is 7.81. The molecule has 130 valence electrons. The Labute approximate surface area is 158 Å². The van der Waals surface area contributed by atoms with Crippen molar-refractivity contribution < 1.29 is 28.2 Å². The van der Waals surface area contributed by atoms with E-state index in [0.29, 0.717) is 0 Å². The molecule has 6 nitrogen and oxygen atoms in total. The molecule has 0 saturated carbocycles. The number of nitrogens with zero attached hydrogens (tertiary/aromatic N) is 1. The zero-order valence-corrected chi connectivity index (χ0v) is 16.4. The van der Waals surface area contributed by atoms with Gasteiger partial charge in [0.2, 0.25) is 0 Å².